The van der Waals surface area contributed by atoms with Crippen LogP contribution in [0.25, 0.3) is 0 Å². The molecule has 3 N–H and O–H groups in total. The second kappa shape index (κ2) is 5.07. The van der Waals surface area contributed by atoms with Gasteiger partial charge in [-0.15, -0.1) is 0 Å². The first-order valence-corrected chi connectivity index (χ1v) is 5.43. The van der Waals surface area contributed by atoms with E-state index in [1.54, 1.807) is 7.11 Å². The molecule has 0 aliphatic carbocycles. The maximum Gasteiger partial charge on any atom is 0.171 e. The number of aromatic nitrogens is 3. The van der Waals surface area contributed by atoms with Crippen molar-refractivity contribution in [3.8, 4) is 0 Å². The van der Waals surface area contributed by atoms with Gasteiger partial charge in [0.2, 0.25) is 0 Å². The third kappa shape index (κ3) is 2.69. The predicted molar refractivity (Wildman–Crippen MR) is 64.3 cm³/mol. The first kappa shape index (κ1) is 11.8. The van der Waals surface area contributed by atoms with Crippen molar-refractivity contribution < 1.29 is 4.74 Å². The molecule has 0 spiro atoms. The van der Waals surface area contributed by atoms with E-state index < -0.39 is 0 Å². The maximum absolute atomic E-state index is 6.09. The molecule has 0 saturated heterocycles. The molecule has 0 aliphatic rings. The Morgan fingerprint density at radius 1 is 1.35 bits per heavy atom. The Bertz CT molecular complexity index is 478. The fourth-order valence-corrected chi connectivity index (χ4v) is 1.57. The van der Waals surface area contributed by atoms with Crippen LogP contribution in [0.3, 0.4) is 0 Å². The summed E-state index contributed by atoms with van der Waals surface area (Å²) in [5.41, 5.74) is 8.29. The first-order chi connectivity index (χ1) is 8.20. The summed E-state index contributed by atoms with van der Waals surface area (Å²) in [6, 6.07) is 7.73. The third-order valence-electron chi connectivity index (χ3n) is 2.54. The number of H-pyrrole nitrogens is 1. The number of nitrogens with zero attached hydrogens (tertiary/aromatic N) is 2. The Hall–Kier alpha value is -1.72. The summed E-state index contributed by atoms with van der Waals surface area (Å²) in [6.45, 7) is 2.45. The molecular weight excluding hydrogens is 216 g/mol. The Labute approximate surface area is 100 Å². The number of benzene rings is 1. The van der Waals surface area contributed by atoms with E-state index in [0.717, 1.165) is 5.56 Å². The molecule has 0 fully saturated rings. The molecule has 1 aromatic heterocycles. The minimum Gasteiger partial charge on any atom is -0.377 e. The highest BCUT2D eigenvalue weighted by Gasteiger charge is 2.14. The second-order valence-corrected chi connectivity index (χ2v) is 3.96. The van der Waals surface area contributed by atoms with E-state index in [9.17, 15) is 0 Å². The molecule has 1 atom stereocenters. The molecule has 1 heterocycles. The standard InChI is InChI=1S/C12H16N4O/c1-8-3-5-9(6-4-8)11(13)12-14-10(7-17-2)15-16-12/h3-6,11H,7,13H2,1-2H3,(H,14,15,16). The van der Waals surface area contributed by atoms with Crippen LogP contribution in [-0.2, 0) is 11.3 Å². The van der Waals surface area contributed by atoms with E-state index in [0.29, 0.717) is 18.3 Å². The van der Waals surface area contributed by atoms with Crippen molar-refractivity contribution in [2.24, 2.45) is 5.73 Å². The fraction of sp³-hybridized carbons (Fsp3) is 0.333. The smallest absolute Gasteiger partial charge is 0.171 e. The normalized spacial score (nSPS) is 12.6. The number of ether oxygens (including phenoxy) is 1. The average Bonchev–Trinajstić information content (AvgIpc) is 2.78. The van der Waals surface area contributed by atoms with Crippen LogP contribution in [0.4, 0.5) is 0 Å². The lowest BCUT2D eigenvalue weighted by Gasteiger charge is -2.07. The number of aryl methyl sites for hydroxylation is 1. The third-order valence-corrected chi connectivity index (χ3v) is 2.54. The molecule has 1 aromatic carbocycles. The Balaban J connectivity index is 2.18. The van der Waals surface area contributed by atoms with Crippen molar-refractivity contribution in [1.29, 1.82) is 0 Å². The van der Waals surface area contributed by atoms with E-state index in [4.69, 9.17) is 10.5 Å². The summed E-state index contributed by atoms with van der Waals surface area (Å²) in [6.07, 6.45) is 0. The minimum atomic E-state index is -0.308. The van der Waals surface area contributed by atoms with Crippen LogP contribution >= 0.6 is 0 Å². The topological polar surface area (TPSA) is 76.8 Å². The zero-order valence-electron chi connectivity index (χ0n) is 9.97. The lowest BCUT2D eigenvalue weighted by Crippen LogP contribution is -2.13. The zero-order valence-corrected chi connectivity index (χ0v) is 9.97. The molecule has 0 amide bonds. The van der Waals surface area contributed by atoms with Crippen molar-refractivity contribution in [3.63, 3.8) is 0 Å². The summed E-state index contributed by atoms with van der Waals surface area (Å²) in [5.74, 6) is 1.27. The summed E-state index contributed by atoms with van der Waals surface area (Å²) in [5, 5.41) is 6.90. The number of hydrogen-bond acceptors (Lipinski definition) is 4. The van der Waals surface area contributed by atoms with Crippen LogP contribution in [0.1, 0.15) is 28.8 Å². The van der Waals surface area contributed by atoms with Crippen LogP contribution < -0.4 is 5.73 Å². The van der Waals surface area contributed by atoms with Gasteiger partial charge in [-0.25, -0.2) is 4.98 Å². The Kier molecular flexibility index (Phi) is 3.51. The summed E-state index contributed by atoms with van der Waals surface area (Å²) < 4.78 is 4.97. The molecule has 0 radical (unpaired) electrons. The predicted octanol–water partition coefficient (Wildman–Crippen LogP) is 1.31. The van der Waals surface area contributed by atoms with Crippen LogP contribution in [0.2, 0.25) is 0 Å². The van der Waals surface area contributed by atoms with Gasteiger partial charge in [-0.1, -0.05) is 29.8 Å². The van der Waals surface area contributed by atoms with E-state index in [2.05, 4.69) is 15.2 Å². The van der Waals surface area contributed by atoms with Gasteiger partial charge in [0.25, 0.3) is 0 Å². The van der Waals surface area contributed by atoms with Gasteiger partial charge in [-0.3, -0.25) is 5.10 Å². The molecule has 0 aliphatic heterocycles. The molecule has 2 rings (SSSR count). The molecule has 5 nitrogen and oxygen atoms in total. The van der Waals surface area contributed by atoms with Gasteiger partial charge < -0.3 is 10.5 Å². The number of methoxy groups -OCH3 is 1. The number of nitrogens with one attached hydrogen (secondary N) is 1. The van der Waals surface area contributed by atoms with Gasteiger partial charge >= 0.3 is 0 Å². The molecular formula is C12H16N4O. The number of hydrogen-bond donors (Lipinski definition) is 2. The zero-order chi connectivity index (χ0) is 12.3. The van der Waals surface area contributed by atoms with Crippen molar-refractivity contribution in [2.45, 2.75) is 19.6 Å². The summed E-state index contributed by atoms with van der Waals surface area (Å²) >= 11 is 0. The summed E-state index contributed by atoms with van der Waals surface area (Å²) in [7, 11) is 1.61. The molecule has 1 unspecified atom stereocenters. The van der Waals surface area contributed by atoms with Crippen LogP contribution in [0.15, 0.2) is 24.3 Å². The van der Waals surface area contributed by atoms with Crippen molar-refractivity contribution in [1.82, 2.24) is 15.2 Å². The molecule has 17 heavy (non-hydrogen) atoms. The number of rotatable bonds is 4. The van der Waals surface area contributed by atoms with Crippen molar-refractivity contribution in [3.05, 3.63) is 47.0 Å². The SMILES string of the molecule is COCc1nc(C(N)c2ccc(C)cc2)n[nH]1. The van der Waals surface area contributed by atoms with Gasteiger partial charge in [0, 0.05) is 7.11 Å². The molecule has 0 saturated carbocycles. The average molecular weight is 232 g/mol. The number of nitrogens with two attached hydrogens (primary N) is 1. The van der Waals surface area contributed by atoms with Crippen molar-refractivity contribution in [2.75, 3.05) is 7.11 Å². The maximum atomic E-state index is 6.09. The summed E-state index contributed by atoms with van der Waals surface area (Å²) in [4.78, 5) is 4.28. The second-order valence-electron chi connectivity index (χ2n) is 3.96. The van der Waals surface area contributed by atoms with Gasteiger partial charge in [-0.05, 0) is 12.5 Å². The van der Waals surface area contributed by atoms with Gasteiger partial charge in [0.05, 0.1) is 6.04 Å². The highest BCUT2D eigenvalue weighted by Crippen LogP contribution is 2.16. The van der Waals surface area contributed by atoms with E-state index in [-0.39, 0.29) is 6.04 Å². The van der Waals surface area contributed by atoms with E-state index >= 15 is 0 Å². The van der Waals surface area contributed by atoms with E-state index in [1.807, 2.05) is 31.2 Å². The highest BCUT2D eigenvalue weighted by molar-refractivity contribution is 5.27. The Morgan fingerprint density at radius 2 is 2.06 bits per heavy atom. The number of aromatic amines is 1. The van der Waals surface area contributed by atoms with Gasteiger partial charge in [0.15, 0.2) is 11.6 Å². The largest absolute Gasteiger partial charge is 0.377 e. The van der Waals surface area contributed by atoms with Crippen LogP contribution in [0, 0.1) is 6.92 Å². The van der Waals surface area contributed by atoms with Crippen LogP contribution in [0.5, 0.6) is 0 Å². The quantitative estimate of drug-likeness (QED) is 0.833. The molecule has 2 aromatic rings. The van der Waals surface area contributed by atoms with Crippen LogP contribution in [-0.4, -0.2) is 22.3 Å². The first-order valence-electron chi connectivity index (χ1n) is 5.43. The monoisotopic (exact) mass is 232 g/mol. The van der Waals surface area contributed by atoms with Gasteiger partial charge in [0.1, 0.15) is 6.61 Å². The minimum absolute atomic E-state index is 0.308. The lowest BCUT2D eigenvalue weighted by molar-refractivity contribution is 0.178. The fourth-order valence-electron chi connectivity index (χ4n) is 1.57. The highest BCUT2D eigenvalue weighted by atomic mass is 16.5. The molecule has 90 valence electrons. The van der Waals surface area contributed by atoms with Crippen molar-refractivity contribution >= 4 is 0 Å². The molecule has 5 heteroatoms. The Morgan fingerprint density at radius 3 is 2.71 bits per heavy atom. The molecule has 0 bridgehead atoms. The lowest BCUT2D eigenvalue weighted by atomic mass is 10.1. The van der Waals surface area contributed by atoms with E-state index in [1.165, 1.54) is 5.56 Å². The van der Waals surface area contributed by atoms with Gasteiger partial charge in [-0.2, -0.15) is 5.10 Å².